The molecule has 2 aromatic carbocycles. The number of nitrogens with zero attached hydrogens (tertiary/aromatic N) is 2. The lowest BCUT2D eigenvalue weighted by molar-refractivity contribution is -0.0518. The molecule has 1 fully saturated rings. The van der Waals surface area contributed by atoms with Gasteiger partial charge < -0.3 is 24.3 Å². The van der Waals surface area contributed by atoms with Crippen LogP contribution in [0, 0.1) is 5.82 Å². The summed E-state index contributed by atoms with van der Waals surface area (Å²) in [4.78, 5) is 45.8. The van der Waals surface area contributed by atoms with Gasteiger partial charge in [0.25, 0.3) is 0 Å². The van der Waals surface area contributed by atoms with Crippen LogP contribution in [0.5, 0.6) is 0 Å². The normalized spacial score (nSPS) is 18.4. The van der Waals surface area contributed by atoms with Crippen LogP contribution in [0.2, 0.25) is 0 Å². The van der Waals surface area contributed by atoms with Crippen molar-refractivity contribution in [1.82, 2.24) is 15.2 Å². The highest BCUT2D eigenvalue weighted by Crippen LogP contribution is 2.31. The first-order valence-electron chi connectivity index (χ1n) is 14.2. The second-order valence-corrected chi connectivity index (χ2v) is 13.3. The Bertz CT molecular complexity index is 1440. The van der Waals surface area contributed by atoms with Crippen LogP contribution in [-0.4, -0.2) is 64.2 Å². The Balaban J connectivity index is 1.61. The number of benzene rings is 2. The van der Waals surface area contributed by atoms with Crippen molar-refractivity contribution < 1.29 is 37.7 Å². The van der Waals surface area contributed by atoms with E-state index >= 15 is 0 Å². The smallest absolute Gasteiger partial charge is 0.444 e. The number of aromatic nitrogens is 1. The summed E-state index contributed by atoms with van der Waals surface area (Å²) in [6, 6.07) is 12.8. The number of likely N-dealkylation sites (tertiary alicyclic amines) is 1. The Labute approximate surface area is 260 Å². The standard InChI is InChI=1S/C32H38FN3O7S/c1-31(2,3)42-29(38)36-18-25(40-30(39)43-32(4,5)6)27(41-28(37)35-16-21-8-7-9-23(33)14-21)24(36)15-20-10-12-22(13-11-20)26-17-34-19-44-26/h7-14,17,19,24-25,27H,15-16,18H2,1-6H3,(H,35,37)/t24-,25+,27+/m1/s1. The molecule has 1 saturated heterocycles. The molecule has 0 unspecified atom stereocenters. The Morgan fingerprint density at radius 1 is 0.977 bits per heavy atom. The van der Waals surface area contributed by atoms with Gasteiger partial charge in [-0.05, 0) is 76.8 Å². The molecule has 2 heterocycles. The summed E-state index contributed by atoms with van der Waals surface area (Å²) in [5, 5.41) is 2.62. The maximum Gasteiger partial charge on any atom is 0.509 e. The van der Waals surface area contributed by atoms with Crippen molar-refractivity contribution in [3.05, 3.63) is 77.2 Å². The predicted molar refractivity (Wildman–Crippen MR) is 163 cm³/mol. The molecule has 4 rings (SSSR count). The topological polar surface area (TPSA) is 116 Å². The van der Waals surface area contributed by atoms with E-state index in [1.54, 1.807) is 59.3 Å². The first-order valence-corrected chi connectivity index (χ1v) is 15.1. The molecule has 3 aromatic rings. The Morgan fingerprint density at radius 3 is 2.30 bits per heavy atom. The van der Waals surface area contributed by atoms with E-state index in [0.29, 0.717) is 5.56 Å². The van der Waals surface area contributed by atoms with Crippen LogP contribution in [-0.2, 0) is 31.9 Å². The predicted octanol–water partition coefficient (Wildman–Crippen LogP) is 6.73. The Morgan fingerprint density at radius 2 is 1.68 bits per heavy atom. The molecular weight excluding hydrogens is 589 g/mol. The minimum absolute atomic E-state index is 0.000386. The third-order valence-corrected chi connectivity index (χ3v) is 7.29. The summed E-state index contributed by atoms with van der Waals surface area (Å²) >= 11 is 1.52. The van der Waals surface area contributed by atoms with Crippen LogP contribution in [0.4, 0.5) is 18.8 Å². The summed E-state index contributed by atoms with van der Waals surface area (Å²) < 4.78 is 36.2. The SMILES string of the molecule is CC(C)(C)OC(=O)O[C@H]1CN(C(=O)OC(C)(C)C)[C@H](Cc2ccc(-c3cncs3)cc2)[C@@H]1OC(=O)NCc1cccc(F)c1. The zero-order valence-electron chi connectivity index (χ0n) is 25.7. The number of hydrogen-bond acceptors (Lipinski definition) is 9. The number of hydrogen-bond donors (Lipinski definition) is 1. The Kier molecular flexibility index (Phi) is 10.1. The van der Waals surface area contributed by atoms with Crippen LogP contribution in [0.3, 0.4) is 0 Å². The maximum atomic E-state index is 13.7. The minimum Gasteiger partial charge on any atom is -0.444 e. The van der Waals surface area contributed by atoms with E-state index in [1.807, 2.05) is 24.3 Å². The van der Waals surface area contributed by atoms with Gasteiger partial charge in [0.2, 0.25) is 0 Å². The molecular formula is C32H38FN3O7S. The molecule has 0 radical (unpaired) electrons. The third kappa shape index (κ3) is 9.40. The molecule has 10 nitrogen and oxygen atoms in total. The first kappa shape index (κ1) is 32.7. The lowest BCUT2D eigenvalue weighted by Crippen LogP contribution is -2.46. The van der Waals surface area contributed by atoms with Gasteiger partial charge in [-0.2, -0.15) is 0 Å². The highest BCUT2D eigenvalue weighted by molar-refractivity contribution is 7.13. The molecule has 1 aliphatic heterocycles. The molecule has 3 atom stereocenters. The van der Waals surface area contributed by atoms with Crippen molar-refractivity contribution in [2.75, 3.05) is 6.54 Å². The molecule has 236 valence electrons. The van der Waals surface area contributed by atoms with Gasteiger partial charge in [0.1, 0.15) is 17.0 Å². The monoisotopic (exact) mass is 627 g/mol. The zero-order valence-corrected chi connectivity index (χ0v) is 26.5. The zero-order chi connectivity index (χ0) is 32.1. The number of thiazole rings is 1. The largest absolute Gasteiger partial charge is 0.509 e. The number of rotatable bonds is 7. The van der Waals surface area contributed by atoms with Crippen LogP contribution in [0.15, 0.2) is 60.2 Å². The number of nitrogens with one attached hydrogen (secondary N) is 1. The number of halogens is 1. The van der Waals surface area contributed by atoms with Gasteiger partial charge in [0, 0.05) is 12.7 Å². The van der Waals surface area contributed by atoms with Gasteiger partial charge in [-0.25, -0.2) is 18.8 Å². The molecule has 0 spiro atoms. The van der Waals surface area contributed by atoms with E-state index < -0.39 is 53.6 Å². The highest BCUT2D eigenvalue weighted by Gasteiger charge is 2.50. The molecule has 1 aliphatic rings. The van der Waals surface area contributed by atoms with Crippen molar-refractivity contribution in [3.63, 3.8) is 0 Å². The number of carbonyl (C=O) groups is 3. The van der Waals surface area contributed by atoms with Crippen molar-refractivity contribution in [1.29, 1.82) is 0 Å². The van der Waals surface area contributed by atoms with Gasteiger partial charge in [-0.15, -0.1) is 11.3 Å². The number of alkyl carbamates (subject to hydrolysis) is 1. The Hall–Kier alpha value is -4.19. The van der Waals surface area contributed by atoms with Gasteiger partial charge >= 0.3 is 18.3 Å². The van der Waals surface area contributed by atoms with Gasteiger partial charge in [-0.3, -0.25) is 9.88 Å². The quantitative estimate of drug-likeness (QED) is 0.227. The summed E-state index contributed by atoms with van der Waals surface area (Å²) in [6.07, 6.45) is -2.52. The van der Waals surface area contributed by atoms with Crippen LogP contribution < -0.4 is 5.32 Å². The highest BCUT2D eigenvalue weighted by atomic mass is 32.1. The fourth-order valence-corrected chi connectivity index (χ4v) is 5.29. The second kappa shape index (κ2) is 13.6. The van der Waals surface area contributed by atoms with Crippen molar-refractivity contribution >= 4 is 29.7 Å². The number of amides is 2. The lowest BCUT2D eigenvalue weighted by Gasteiger charge is -2.30. The van der Waals surface area contributed by atoms with Crippen molar-refractivity contribution in [3.8, 4) is 10.4 Å². The lowest BCUT2D eigenvalue weighted by atomic mass is 9.99. The molecule has 0 saturated carbocycles. The molecule has 44 heavy (non-hydrogen) atoms. The van der Waals surface area contributed by atoms with Gasteiger partial charge in [0.05, 0.1) is 23.0 Å². The van der Waals surface area contributed by atoms with Gasteiger partial charge in [0.15, 0.2) is 12.2 Å². The molecule has 1 N–H and O–H groups in total. The molecule has 12 heteroatoms. The van der Waals surface area contributed by atoms with Crippen molar-refractivity contribution in [2.24, 2.45) is 0 Å². The summed E-state index contributed by atoms with van der Waals surface area (Å²) in [5.41, 5.74) is 2.49. The summed E-state index contributed by atoms with van der Waals surface area (Å²) in [6.45, 7) is 10.2. The first-order chi connectivity index (χ1) is 20.7. The molecule has 2 amide bonds. The van der Waals surface area contributed by atoms with E-state index in [9.17, 15) is 18.8 Å². The van der Waals surface area contributed by atoms with Crippen LogP contribution >= 0.6 is 11.3 Å². The van der Waals surface area contributed by atoms with E-state index in [1.165, 1.54) is 34.4 Å². The minimum atomic E-state index is -1.08. The average molecular weight is 628 g/mol. The third-order valence-electron chi connectivity index (χ3n) is 6.47. The van der Waals surface area contributed by atoms with E-state index in [0.717, 1.165) is 16.0 Å². The summed E-state index contributed by atoms with van der Waals surface area (Å²) in [7, 11) is 0. The molecule has 1 aromatic heterocycles. The molecule has 0 aliphatic carbocycles. The van der Waals surface area contributed by atoms with E-state index in [-0.39, 0.29) is 19.5 Å². The average Bonchev–Trinajstić information content (AvgIpc) is 3.56. The van der Waals surface area contributed by atoms with Crippen molar-refractivity contribution in [2.45, 2.75) is 84.0 Å². The number of ether oxygens (including phenoxy) is 4. The fraction of sp³-hybridized carbons (Fsp3) is 0.438. The van der Waals surface area contributed by atoms with E-state index in [2.05, 4.69) is 10.3 Å². The maximum absolute atomic E-state index is 13.7. The van der Waals surface area contributed by atoms with E-state index in [4.69, 9.17) is 18.9 Å². The summed E-state index contributed by atoms with van der Waals surface area (Å²) in [5.74, 6) is -0.436. The molecule has 0 bridgehead atoms. The van der Waals surface area contributed by atoms with Crippen LogP contribution in [0.25, 0.3) is 10.4 Å². The van der Waals surface area contributed by atoms with Crippen LogP contribution in [0.1, 0.15) is 52.7 Å². The second-order valence-electron chi connectivity index (χ2n) is 12.4. The van der Waals surface area contributed by atoms with Gasteiger partial charge in [-0.1, -0.05) is 36.4 Å². The number of carbonyl (C=O) groups excluding carboxylic acids is 3. The fourth-order valence-electron chi connectivity index (χ4n) is 4.66.